The van der Waals surface area contributed by atoms with Gasteiger partial charge in [-0.05, 0) is 27.2 Å². The fourth-order valence-corrected chi connectivity index (χ4v) is 1.70. The van der Waals surface area contributed by atoms with Gasteiger partial charge >= 0.3 is 0 Å². The molecular formula is C11H23NO2. The number of hydrogen-bond acceptors (Lipinski definition) is 3. The van der Waals surface area contributed by atoms with E-state index in [9.17, 15) is 0 Å². The van der Waals surface area contributed by atoms with Gasteiger partial charge in [0.25, 0.3) is 0 Å². The molecule has 0 aromatic carbocycles. The first-order chi connectivity index (χ1) is 6.68. The van der Waals surface area contributed by atoms with Gasteiger partial charge in [-0.3, -0.25) is 4.90 Å². The molecule has 0 amide bonds. The zero-order valence-electron chi connectivity index (χ0n) is 9.66. The van der Waals surface area contributed by atoms with Crippen LogP contribution in [0.4, 0.5) is 0 Å². The van der Waals surface area contributed by atoms with Crippen LogP contribution in [0, 0.1) is 0 Å². The third kappa shape index (κ3) is 4.94. The Balaban J connectivity index is 2.00. The average Bonchev–Trinajstić information content (AvgIpc) is 2.12. The van der Waals surface area contributed by atoms with E-state index in [-0.39, 0.29) is 0 Å². The Hall–Kier alpha value is -0.120. The number of nitrogens with zero attached hydrogens (tertiary/aromatic N) is 1. The van der Waals surface area contributed by atoms with Crippen molar-refractivity contribution in [3.05, 3.63) is 0 Å². The Morgan fingerprint density at radius 3 is 2.93 bits per heavy atom. The second kappa shape index (κ2) is 6.38. The number of ether oxygens (including phenoxy) is 2. The highest BCUT2D eigenvalue weighted by molar-refractivity contribution is 4.67. The maximum absolute atomic E-state index is 5.50. The van der Waals surface area contributed by atoms with Crippen molar-refractivity contribution in [3.63, 3.8) is 0 Å². The van der Waals surface area contributed by atoms with Crippen LogP contribution in [-0.2, 0) is 9.47 Å². The fourth-order valence-electron chi connectivity index (χ4n) is 1.70. The van der Waals surface area contributed by atoms with Crippen LogP contribution in [0.5, 0.6) is 0 Å². The molecule has 84 valence electrons. The molecule has 3 heteroatoms. The molecule has 1 fully saturated rings. The summed E-state index contributed by atoms with van der Waals surface area (Å²) in [5.41, 5.74) is 0. The van der Waals surface area contributed by atoms with Crippen LogP contribution in [0.15, 0.2) is 0 Å². The van der Waals surface area contributed by atoms with E-state index in [1.54, 1.807) is 0 Å². The van der Waals surface area contributed by atoms with Crippen LogP contribution < -0.4 is 0 Å². The molecule has 0 aromatic heterocycles. The molecule has 0 bridgehead atoms. The van der Waals surface area contributed by atoms with E-state index in [2.05, 4.69) is 25.7 Å². The van der Waals surface area contributed by atoms with Gasteiger partial charge in [-0.2, -0.15) is 0 Å². The van der Waals surface area contributed by atoms with E-state index in [0.29, 0.717) is 12.2 Å². The highest BCUT2D eigenvalue weighted by Gasteiger charge is 2.15. The van der Waals surface area contributed by atoms with Crippen LogP contribution in [0.3, 0.4) is 0 Å². The van der Waals surface area contributed by atoms with Gasteiger partial charge in [-0.15, -0.1) is 0 Å². The van der Waals surface area contributed by atoms with Crippen molar-refractivity contribution in [2.75, 3.05) is 32.8 Å². The van der Waals surface area contributed by atoms with Crippen LogP contribution in [0.2, 0.25) is 0 Å². The van der Waals surface area contributed by atoms with E-state index in [1.807, 2.05) is 0 Å². The largest absolute Gasteiger partial charge is 0.379 e. The smallest absolute Gasteiger partial charge is 0.0674 e. The second-order valence-electron chi connectivity index (χ2n) is 4.26. The lowest BCUT2D eigenvalue weighted by Crippen LogP contribution is -2.41. The molecule has 3 nitrogen and oxygen atoms in total. The molecule has 0 spiro atoms. The number of morpholine rings is 1. The van der Waals surface area contributed by atoms with Crippen molar-refractivity contribution >= 4 is 0 Å². The first-order valence-corrected chi connectivity index (χ1v) is 5.64. The second-order valence-corrected chi connectivity index (χ2v) is 4.26. The lowest BCUT2D eigenvalue weighted by molar-refractivity contribution is -0.0221. The summed E-state index contributed by atoms with van der Waals surface area (Å²) in [7, 11) is 0. The zero-order valence-corrected chi connectivity index (χ0v) is 9.66. The molecule has 1 saturated heterocycles. The maximum Gasteiger partial charge on any atom is 0.0674 e. The summed E-state index contributed by atoms with van der Waals surface area (Å²) >= 11 is 0. The third-order valence-electron chi connectivity index (χ3n) is 2.40. The van der Waals surface area contributed by atoms with Gasteiger partial charge in [-0.25, -0.2) is 0 Å². The maximum atomic E-state index is 5.50. The molecule has 0 N–H and O–H groups in total. The molecule has 0 saturated carbocycles. The Morgan fingerprint density at radius 2 is 2.29 bits per heavy atom. The van der Waals surface area contributed by atoms with E-state index in [4.69, 9.17) is 9.47 Å². The van der Waals surface area contributed by atoms with E-state index in [1.165, 1.54) is 0 Å². The van der Waals surface area contributed by atoms with Crippen LogP contribution >= 0.6 is 0 Å². The molecule has 0 aliphatic carbocycles. The minimum atomic E-state index is 0.360. The molecule has 0 unspecified atom stereocenters. The Bertz CT molecular complexity index is 150. The van der Waals surface area contributed by atoms with Crippen molar-refractivity contribution in [2.45, 2.75) is 39.4 Å². The third-order valence-corrected chi connectivity index (χ3v) is 2.40. The lowest BCUT2D eigenvalue weighted by atomic mass is 10.3. The molecule has 1 aliphatic rings. The van der Waals surface area contributed by atoms with Crippen molar-refractivity contribution in [1.29, 1.82) is 0 Å². The molecule has 1 rings (SSSR count). The van der Waals surface area contributed by atoms with Gasteiger partial charge < -0.3 is 9.47 Å². The van der Waals surface area contributed by atoms with Crippen molar-refractivity contribution in [2.24, 2.45) is 0 Å². The molecule has 1 heterocycles. The summed E-state index contributed by atoms with van der Waals surface area (Å²) in [5, 5.41) is 0. The lowest BCUT2D eigenvalue weighted by Gasteiger charge is -2.31. The first-order valence-electron chi connectivity index (χ1n) is 5.64. The van der Waals surface area contributed by atoms with Gasteiger partial charge in [0.2, 0.25) is 0 Å². The fraction of sp³-hybridized carbons (Fsp3) is 1.00. The predicted octanol–water partition coefficient (Wildman–Crippen LogP) is 1.52. The molecule has 0 radical (unpaired) electrons. The van der Waals surface area contributed by atoms with Crippen LogP contribution in [-0.4, -0.2) is 50.0 Å². The van der Waals surface area contributed by atoms with Gasteiger partial charge in [0, 0.05) is 26.2 Å². The highest BCUT2D eigenvalue weighted by atomic mass is 16.5. The normalized spacial score (nSPS) is 24.4. The van der Waals surface area contributed by atoms with E-state index >= 15 is 0 Å². The van der Waals surface area contributed by atoms with Crippen molar-refractivity contribution < 1.29 is 9.47 Å². The molecule has 1 atom stereocenters. The minimum absolute atomic E-state index is 0.360. The molecule has 0 aromatic rings. The van der Waals surface area contributed by atoms with Gasteiger partial charge in [-0.1, -0.05) is 0 Å². The summed E-state index contributed by atoms with van der Waals surface area (Å²) in [5.74, 6) is 0. The summed E-state index contributed by atoms with van der Waals surface area (Å²) in [6.07, 6.45) is 1.89. The zero-order chi connectivity index (χ0) is 10.4. The Morgan fingerprint density at radius 1 is 1.50 bits per heavy atom. The molecule has 14 heavy (non-hydrogen) atoms. The Kier molecular flexibility index (Phi) is 5.45. The minimum Gasteiger partial charge on any atom is -0.379 e. The quantitative estimate of drug-likeness (QED) is 0.630. The first kappa shape index (κ1) is 12.0. The number of hydrogen-bond donors (Lipinski definition) is 0. The van der Waals surface area contributed by atoms with E-state index < -0.39 is 0 Å². The molecule has 1 aliphatic heterocycles. The van der Waals surface area contributed by atoms with Gasteiger partial charge in [0.15, 0.2) is 0 Å². The highest BCUT2D eigenvalue weighted by Crippen LogP contribution is 2.04. The van der Waals surface area contributed by atoms with Gasteiger partial charge in [0.1, 0.15) is 0 Å². The standard InChI is InChI=1S/C11H23NO2/c1-10(2)13-7-4-5-12-6-8-14-11(3)9-12/h10-11H,4-9H2,1-3H3/t11-/m0/s1. The number of rotatable bonds is 5. The Labute approximate surface area is 87.4 Å². The van der Waals surface area contributed by atoms with Crippen LogP contribution in [0.25, 0.3) is 0 Å². The van der Waals surface area contributed by atoms with Crippen molar-refractivity contribution in [3.8, 4) is 0 Å². The SMILES string of the molecule is CC(C)OCCCN1CCO[C@@H](C)C1. The summed E-state index contributed by atoms with van der Waals surface area (Å²) < 4.78 is 11.0. The average molecular weight is 201 g/mol. The summed E-state index contributed by atoms with van der Waals surface area (Å²) in [6.45, 7) is 11.3. The van der Waals surface area contributed by atoms with Gasteiger partial charge in [0.05, 0.1) is 18.8 Å². The van der Waals surface area contributed by atoms with E-state index in [0.717, 1.165) is 39.3 Å². The summed E-state index contributed by atoms with van der Waals surface area (Å²) in [6, 6.07) is 0. The topological polar surface area (TPSA) is 21.7 Å². The van der Waals surface area contributed by atoms with Crippen LogP contribution in [0.1, 0.15) is 27.2 Å². The van der Waals surface area contributed by atoms with Crippen molar-refractivity contribution in [1.82, 2.24) is 4.90 Å². The summed E-state index contributed by atoms with van der Waals surface area (Å²) in [4.78, 5) is 2.46. The monoisotopic (exact) mass is 201 g/mol. The predicted molar refractivity (Wildman–Crippen MR) is 57.6 cm³/mol. The molecular weight excluding hydrogens is 178 g/mol.